The van der Waals surface area contributed by atoms with E-state index in [9.17, 15) is 0 Å². The maximum atomic E-state index is 6.91. The Morgan fingerprint density at radius 3 is 1.84 bits per heavy atom. The molecule has 9 rings (SSSR count). The van der Waals surface area contributed by atoms with E-state index in [1.807, 2.05) is 0 Å². The Hall–Kier alpha value is -5.54. The number of furan rings is 2. The third-order valence-corrected chi connectivity index (χ3v) is 9.13. The number of rotatable bonds is 3. The van der Waals surface area contributed by atoms with E-state index < -0.39 is 0 Å². The second kappa shape index (κ2) is 9.48. The summed E-state index contributed by atoms with van der Waals surface area (Å²) in [5.41, 5.74) is 7.91. The zero-order valence-corrected chi connectivity index (χ0v) is 25.5. The lowest BCUT2D eigenvalue weighted by molar-refractivity contribution is 0.573. The van der Waals surface area contributed by atoms with Gasteiger partial charge in [-0.15, -0.1) is 0 Å². The standard InChI is InChI=1S/C42H31NO2/c1-42(2,3)35-21-11-19-31-32-20-12-22-36(41(32)45-40(31)35)43(28-15-5-4-6-16-28)37-25-34-33-23-26-13-7-8-14-27(26)24-38(33)44-39(34)30-18-10-9-17-29(30)37/h4-25H,1-3H3. The van der Waals surface area contributed by atoms with Gasteiger partial charge < -0.3 is 13.7 Å². The van der Waals surface area contributed by atoms with Gasteiger partial charge in [0.25, 0.3) is 0 Å². The van der Waals surface area contributed by atoms with E-state index in [0.717, 1.165) is 71.7 Å². The molecule has 0 N–H and O–H groups in total. The van der Waals surface area contributed by atoms with Crippen LogP contribution in [0, 0.1) is 0 Å². The van der Waals surface area contributed by atoms with Crippen LogP contribution in [0.2, 0.25) is 0 Å². The van der Waals surface area contributed by atoms with Crippen molar-refractivity contribution in [2.24, 2.45) is 0 Å². The van der Waals surface area contributed by atoms with Crippen LogP contribution in [0.5, 0.6) is 0 Å². The van der Waals surface area contributed by atoms with Gasteiger partial charge in [-0.05, 0) is 52.6 Å². The Morgan fingerprint density at radius 1 is 0.444 bits per heavy atom. The Kier molecular flexibility index (Phi) is 5.46. The Morgan fingerprint density at radius 2 is 1.07 bits per heavy atom. The van der Waals surface area contributed by atoms with E-state index in [0.29, 0.717) is 0 Å². The highest BCUT2D eigenvalue weighted by molar-refractivity contribution is 6.22. The third kappa shape index (κ3) is 3.90. The first-order chi connectivity index (χ1) is 22.0. The molecule has 0 unspecified atom stereocenters. The van der Waals surface area contributed by atoms with E-state index in [1.165, 1.54) is 16.3 Å². The summed E-state index contributed by atoms with van der Waals surface area (Å²) in [6, 6.07) is 47.4. The maximum absolute atomic E-state index is 6.91. The highest BCUT2D eigenvalue weighted by atomic mass is 16.3. The molecule has 0 radical (unpaired) electrons. The minimum absolute atomic E-state index is 0.0551. The van der Waals surface area contributed by atoms with Crippen LogP contribution in [0.3, 0.4) is 0 Å². The predicted octanol–water partition coefficient (Wildman–Crippen LogP) is 12.6. The van der Waals surface area contributed by atoms with Crippen molar-refractivity contribution in [3.63, 3.8) is 0 Å². The molecule has 3 nitrogen and oxygen atoms in total. The molecule has 45 heavy (non-hydrogen) atoms. The largest absolute Gasteiger partial charge is 0.455 e. The highest BCUT2D eigenvalue weighted by Gasteiger charge is 2.25. The fraction of sp³-hybridized carbons (Fsp3) is 0.0952. The molecule has 0 saturated heterocycles. The minimum atomic E-state index is -0.0551. The number of nitrogens with zero attached hydrogens (tertiary/aromatic N) is 1. The summed E-state index contributed by atoms with van der Waals surface area (Å²) in [5, 5.41) is 9.02. The van der Waals surface area contributed by atoms with Gasteiger partial charge in [0.2, 0.25) is 0 Å². The van der Waals surface area contributed by atoms with Crippen LogP contribution in [0.25, 0.3) is 65.4 Å². The molecule has 0 atom stereocenters. The zero-order valence-electron chi connectivity index (χ0n) is 25.5. The number of fused-ring (bicyclic) bond motifs is 9. The monoisotopic (exact) mass is 581 g/mol. The van der Waals surface area contributed by atoms with Gasteiger partial charge in [-0.3, -0.25) is 0 Å². The van der Waals surface area contributed by atoms with E-state index in [-0.39, 0.29) is 5.41 Å². The summed E-state index contributed by atoms with van der Waals surface area (Å²) in [6.45, 7) is 6.73. The second-order valence-electron chi connectivity index (χ2n) is 13.0. The van der Waals surface area contributed by atoms with Crippen molar-refractivity contribution >= 4 is 82.5 Å². The van der Waals surface area contributed by atoms with Gasteiger partial charge in [-0.2, -0.15) is 0 Å². The van der Waals surface area contributed by atoms with Crippen molar-refractivity contribution in [2.75, 3.05) is 4.90 Å². The summed E-state index contributed by atoms with van der Waals surface area (Å²) < 4.78 is 13.5. The van der Waals surface area contributed by atoms with Crippen molar-refractivity contribution in [1.82, 2.24) is 0 Å². The molecule has 7 aromatic carbocycles. The number of anilines is 3. The molecular weight excluding hydrogens is 550 g/mol. The van der Waals surface area contributed by atoms with E-state index in [4.69, 9.17) is 8.83 Å². The first kappa shape index (κ1) is 25.9. The molecule has 0 aliphatic heterocycles. The van der Waals surface area contributed by atoms with Gasteiger partial charge in [0.05, 0.1) is 11.4 Å². The van der Waals surface area contributed by atoms with Crippen LogP contribution in [-0.2, 0) is 5.41 Å². The van der Waals surface area contributed by atoms with E-state index in [1.54, 1.807) is 0 Å². The lowest BCUT2D eigenvalue weighted by atomic mass is 9.86. The highest BCUT2D eigenvalue weighted by Crippen LogP contribution is 2.48. The van der Waals surface area contributed by atoms with Crippen LogP contribution in [0.1, 0.15) is 26.3 Å². The number of hydrogen-bond acceptors (Lipinski definition) is 3. The van der Waals surface area contributed by atoms with Gasteiger partial charge in [-0.1, -0.05) is 118 Å². The lowest BCUT2D eigenvalue weighted by Crippen LogP contribution is -2.11. The predicted molar refractivity (Wildman–Crippen MR) is 189 cm³/mol. The second-order valence-corrected chi connectivity index (χ2v) is 13.0. The SMILES string of the molecule is CC(C)(C)c1cccc2c1oc1c(N(c3ccccc3)c3cc4c5cc6ccccc6cc5oc4c4ccccc34)cccc12. The fourth-order valence-corrected chi connectivity index (χ4v) is 7.01. The van der Waals surface area contributed by atoms with Crippen molar-refractivity contribution in [3.8, 4) is 0 Å². The average Bonchev–Trinajstić information content (AvgIpc) is 3.62. The number of para-hydroxylation sites is 3. The topological polar surface area (TPSA) is 29.5 Å². The molecule has 0 aliphatic rings. The van der Waals surface area contributed by atoms with E-state index >= 15 is 0 Å². The van der Waals surface area contributed by atoms with Crippen molar-refractivity contribution in [2.45, 2.75) is 26.2 Å². The van der Waals surface area contributed by atoms with Gasteiger partial charge in [-0.25, -0.2) is 0 Å². The van der Waals surface area contributed by atoms with Crippen LogP contribution in [0.4, 0.5) is 17.1 Å². The van der Waals surface area contributed by atoms with Gasteiger partial charge >= 0.3 is 0 Å². The smallest absolute Gasteiger partial charge is 0.159 e. The molecule has 0 saturated carbocycles. The summed E-state index contributed by atoms with van der Waals surface area (Å²) in [4.78, 5) is 2.35. The molecule has 2 heterocycles. The average molecular weight is 582 g/mol. The third-order valence-electron chi connectivity index (χ3n) is 9.13. The summed E-state index contributed by atoms with van der Waals surface area (Å²) in [6.07, 6.45) is 0. The van der Waals surface area contributed by atoms with Crippen LogP contribution in [-0.4, -0.2) is 0 Å². The van der Waals surface area contributed by atoms with Crippen molar-refractivity contribution in [3.05, 3.63) is 139 Å². The number of hydrogen-bond donors (Lipinski definition) is 0. The molecule has 0 amide bonds. The summed E-state index contributed by atoms with van der Waals surface area (Å²) in [5.74, 6) is 0. The van der Waals surface area contributed by atoms with Gasteiger partial charge in [0.1, 0.15) is 16.7 Å². The summed E-state index contributed by atoms with van der Waals surface area (Å²) in [7, 11) is 0. The molecule has 2 aromatic heterocycles. The van der Waals surface area contributed by atoms with Crippen LogP contribution in [0.15, 0.2) is 142 Å². The zero-order chi connectivity index (χ0) is 30.3. The van der Waals surface area contributed by atoms with Crippen LogP contribution >= 0.6 is 0 Å². The molecule has 3 heteroatoms. The maximum Gasteiger partial charge on any atom is 0.159 e. The number of benzene rings is 7. The normalized spacial score (nSPS) is 12.3. The molecule has 0 fully saturated rings. The Labute approximate surface area is 260 Å². The Balaban J connectivity index is 1.40. The summed E-state index contributed by atoms with van der Waals surface area (Å²) >= 11 is 0. The van der Waals surface area contributed by atoms with Crippen molar-refractivity contribution < 1.29 is 8.83 Å². The van der Waals surface area contributed by atoms with E-state index in [2.05, 4.69) is 159 Å². The van der Waals surface area contributed by atoms with Crippen LogP contribution < -0.4 is 4.90 Å². The Bertz CT molecular complexity index is 2580. The first-order valence-electron chi connectivity index (χ1n) is 15.5. The molecular formula is C42H31NO2. The minimum Gasteiger partial charge on any atom is -0.455 e. The first-order valence-corrected chi connectivity index (χ1v) is 15.5. The quantitative estimate of drug-likeness (QED) is 0.208. The lowest BCUT2D eigenvalue weighted by Gasteiger charge is -2.27. The van der Waals surface area contributed by atoms with Gasteiger partial charge in [0, 0.05) is 43.6 Å². The molecule has 0 aliphatic carbocycles. The van der Waals surface area contributed by atoms with Crippen molar-refractivity contribution in [1.29, 1.82) is 0 Å². The fourth-order valence-electron chi connectivity index (χ4n) is 7.01. The molecule has 0 bridgehead atoms. The molecule has 216 valence electrons. The molecule has 0 spiro atoms. The van der Waals surface area contributed by atoms with Gasteiger partial charge in [0.15, 0.2) is 5.58 Å². The molecule has 9 aromatic rings.